The van der Waals surface area contributed by atoms with Gasteiger partial charge in [-0.05, 0) is 55.5 Å². The minimum Gasteiger partial charge on any atom is -0.396 e. The Balaban J connectivity index is 0.000000550. The number of halogens is 1. The third-order valence-corrected chi connectivity index (χ3v) is 3.49. The van der Waals surface area contributed by atoms with Gasteiger partial charge in [0.2, 0.25) is 0 Å². The lowest BCUT2D eigenvalue weighted by Gasteiger charge is -2.36. The average molecular weight is 267 g/mol. The van der Waals surface area contributed by atoms with E-state index in [0.29, 0.717) is 0 Å². The fourth-order valence-electron chi connectivity index (χ4n) is 2.38. The van der Waals surface area contributed by atoms with E-state index >= 15 is 0 Å². The molecule has 2 N–H and O–H groups in total. The summed E-state index contributed by atoms with van der Waals surface area (Å²) in [5.41, 5.74) is 1.10. The molecule has 1 aliphatic rings. The first-order valence-electron chi connectivity index (χ1n) is 7.22. The predicted octanol–water partition coefficient (Wildman–Crippen LogP) is 3.15. The van der Waals surface area contributed by atoms with Gasteiger partial charge in [0.1, 0.15) is 5.82 Å². The molecule has 0 unspecified atom stereocenters. The van der Waals surface area contributed by atoms with E-state index in [1.807, 2.05) is 12.1 Å². The smallest absolute Gasteiger partial charge is 0.123 e. The van der Waals surface area contributed by atoms with E-state index in [1.165, 1.54) is 18.6 Å². The third-order valence-electron chi connectivity index (χ3n) is 3.49. The first kappa shape index (κ1) is 16.1. The zero-order valence-electron chi connectivity index (χ0n) is 12.1. The van der Waals surface area contributed by atoms with E-state index in [-0.39, 0.29) is 17.8 Å². The van der Waals surface area contributed by atoms with Crippen molar-refractivity contribution >= 4 is 0 Å². The largest absolute Gasteiger partial charge is 0.396 e. The molecule has 0 bridgehead atoms. The Labute approximate surface area is 116 Å². The van der Waals surface area contributed by atoms with Gasteiger partial charge >= 0.3 is 0 Å². The summed E-state index contributed by atoms with van der Waals surface area (Å²) >= 11 is 0. The van der Waals surface area contributed by atoms with Crippen LogP contribution in [0.5, 0.6) is 0 Å². The second-order valence-electron chi connectivity index (χ2n) is 5.42. The van der Waals surface area contributed by atoms with E-state index < -0.39 is 0 Å². The van der Waals surface area contributed by atoms with Crippen LogP contribution in [-0.4, -0.2) is 24.8 Å². The van der Waals surface area contributed by atoms with Crippen molar-refractivity contribution in [2.24, 2.45) is 5.41 Å². The minimum absolute atomic E-state index is 0.0108. The van der Waals surface area contributed by atoms with Crippen LogP contribution in [0.1, 0.15) is 38.7 Å². The third kappa shape index (κ3) is 5.29. The van der Waals surface area contributed by atoms with Gasteiger partial charge in [0.15, 0.2) is 0 Å². The van der Waals surface area contributed by atoms with Crippen LogP contribution in [0.4, 0.5) is 4.39 Å². The zero-order chi connectivity index (χ0) is 14.1. The van der Waals surface area contributed by atoms with E-state index in [2.05, 4.69) is 19.2 Å². The summed E-state index contributed by atoms with van der Waals surface area (Å²) in [7, 11) is 0. The van der Waals surface area contributed by atoms with Gasteiger partial charge < -0.3 is 10.4 Å². The van der Waals surface area contributed by atoms with Gasteiger partial charge in [-0.15, -0.1) is 0 Å². The lowest BCUT2D eigenvalue weighted by Crippen LogP contribution is -2.40. The highest BCUT2D eigenvalue weighted by Gasteiger charge is 2.31. The van der Waals surface area contributed by atoms with Gasteiger partial charge in [0, 0.05) is 6.61 Å². The van der Waals surface area contributed by atoms with E-state index in [0.717, 1.165) is 37.9 Å². The van der Waals surface area contributed by atoms with Crippen molar-refractivity contribution in [1.82, 2.24) is 5.32 Å². The summed E-state index contributed by atoms with van der Waals surface area (Å²) < 4.78 is 12.8. The standard InChI is InChI=1S/C13H18FNO.C3H8/c14-12-3-1-11(2-4-12)9-13(10-16)5-7-15-8-6-13;1-3-2/h1-4,15-16H,5-10H2;3H2,1-2H3. The number of nitrogens with one attached hydrogen (secondary N) is 1. The summed E-state index contributed by atoms with van der Waals surface area (Å²) in [4.78, 5) is 0. The maximum absolute atomic E-state index is 12.8. The highest BCUT2D eigenvalue weighted by molar-refractivity contribution is 5.18. The van der Waals surface area contributed by atoms with Gasteiger partial charge in [0.25, 0.3) is 0 Å². The lowest BCUT2D eigenvalue weighted by atomic mass is 9.75. The average Bonchev–Trinajstić information content (AvgIpc) is 2.43. The number of hydrogen-bond acceptors (Lipinski definition) is 2. The van der Waals surface area contributed by atoms with Crippen LogP contribution in [0.3, 0.4) is 0 Å². The van der Waals surface area contributed by atoms with E-state index in [1.54, 1.807) is 0 Å². The predicted molar refractivity (Wildman–Crippen MR) is 77.7 cm³/mol. The SMILES string of the molecule is CCC.OCC1(Cc2ccc(F)cc2)CCNCC1. The fourth-order valence-corrected chi connectivity index (χ4v) is 2.38. The van der Waals surface area contributed by atoms with Crippen LogP contribution >= 0.6 is 0 Å². The molecule has 0 saturated carbocycles. The first-order chi connectivity index (χ1) is 9.15. The molecule has 1 fully saturated rings. The van der Waals surface area contributed by atoms with Crippen molar-refractivity contribution in [2.45, 2.75) is 39.5 Å². The van der Waals surface area contributed by atoms with Gasteiger partial charge in [-0.2, -0.15) is 0 Å². The quantitative estimate of drug-likeness (QED) is 0.882. The molecule has 1 aromatic carbocycles. The molecule has 3 heteroatoms. The highest BCUT2D eigenvalue weighted by Crippen LogP contribution is 2.32. The van der Waals surface area contributed by atoms with Crippen LogP contribution < -0.4 is 5.32 Å². The van der Waals surface area contributed by atoms with Crippen LogP contribution in [0.2, 0.25) is 0 Å². The minimum atomic E-state index is -0.202. The summed E-state index contributed by atoms with van der Waals surface area (Å²) in [6, 6.07) is 6.60. The molecule has 108 valence electrons. The highest BCUT2D eigenvalue weighted by atomic mass is 19.1. The van der Waals surface area contributed by atoms with Crippen molar-refractivity contribution < 1.29 is 9.50 Å². The second kappa shape index (κ2) is 8.28. The van der Waals surface area contributed by atoms with Crippen molar-refractivity contribution in [3.05, 3.63) is 35.6 Å². The molecule has 2 nitrogen and oxygen atoms in total. The van der Waals surface area contributed by atoms with Crippen LogP contribution in [0.25, 0.3) is 0 Å². The molecular weight excluding hydrogens is 241 g/mol. The van der Waals surface area contributed by atoms with Gasteiger partial charge in [-0.1, -0.05) is 32.4 Å². The van der Waals surface area contributed by atoms with Crippen molar-refractivity contribution in [3.63, 3.8) is 0 Å². The molecule has 0 spiro atoms. The molecule has 1 aromatic rings. The molecule has 1 aliphatic heterocycles. The Morgan fingerprint density at radius 3 is 2.16 bits per heavy atom. The molecule has 2 rings (SSSR count). The number of aliphatic hydroxyl groups is 1. The van der Waals surface area contributed by atoms with E-state index in [9.17, 15) is 9.50 Å². The maximum Gasteiger partial charge on any atom is 0.123 e. The zero-order valence-corrected chi connectivity index (χ0v) is 12.1. The van der Waals surface area contributed by atoms with Crippen molar-refractivity contribution in [3.8, 4) is 0 Å². The first-order valence-corrected chi connectivity index (χ1v) is 7.22. The number of benzene rings is 1. The molecular formula is C16H26FNO. The Morgan fingerprint density at radius 1 is 1.16 bits per heavy atom. The number of piperidine rings is 1. The summed E-state index contributed by atoms with van der Waals surface area (Å²) in [5.74, 6) is -0.202. The number of aliphatic hydroxyl groups excluding tert-OH is 1. The number of rotatable bonds is 3. The fraction of sp³-hybridized carbons (Fsp3) is 0.625. The van der Waals surface area contributed by atoms with Crippen molar-refractivity contribution in [1.29, 1.82) is 0 Å². The molecule has 0 aromatic heterocycles. The Bertz CT molecular complexity index is 344. The molecule has 0 aliphatic carbocycles. The topological polar surface area (TPSA) is 32.3 Å². The second-order valence-corrected chi connectivity index (χ2v) is 5.42. The summed E-state index contributed by atoms with van der Waals surface area (Å²) in [5, 5.41) is 12.9. The molecule has 0 atom stereocenters. The molecule has 1 heterocycles. The van der Waals surface area contributed by atoms with Gasteiger partial charge in [0.05, 0.1) is 0 Å². The maximum atomic E-state index is 12.8. The molecule has 0 radical (unpaired) electrons. The number of hydrogen-bond donors (Lipinski definition) is 2. The van der Waals surface area contributed by atoms with Crippen molar-refractivity contribution in [2.75, 3.05) is 19.7 Å². The van der Waals surface area contributed by atoms with Crippen LogP contribution in [0, 0.1) is 11.2 Å². The summed E-state index contributed by atoms with van der Waals surface area (Å²) in [6.45, 7) is 6.38. The molecule has 1 saturated heterocycles. The van der Waals surface area contributed by atoms with E-state index in [4.69, 9.17) is 0 Å². The monoisotopic (exact) mass is 267 g/mol. The Hall–Kier alpha value is -0.930. The van der Waals surface area contributed by atoms with Gasteiger partial charge in [-0.25, -0.2) is 4.39 Å². The summed E-state index contributed by atoms with van der Waals surface area (Å²) in [6.07, 6.45) is 4.06. The molecule has 19 heavy (non-hydrogen) atoms. The molecule has 0 amide bonds. The Morgan fingerprint density at radius 2 is 1.68 bits per heavy atom. The van der Waals surface area contributed by atoms with Crippen LogP contribution in [-0.2, 0) is 6.42 Å². The van der Waals surface area contributed by atoms with Crippen LogP contribution in [0.15, 0.2) is 24.3 Å². The normalized spacial score (nSPS) is 17.5. The van der Waals surface area contributed by atoms with Gasteiger partial charge in [-0.3, -0.25) is 0 Å². The Kier molecular flexibility index (Phi) is 7.03. The lowest BCUT2D eigenvalue weighted by molar-refractivity contribution is 0.0893.